The van der Waals surface area contributed by atoms with E-state index in [9.17, 15) is 5.11 Å². The van der Waals surface area contributed by atoms with Crippen molar-refractivity contribution in [2.45, 2.75) is 51.4 Å². The van der Waals surface area contributed by atoms with Gasteiger partial charge in [0.2, 0.25) is 3.95 Å². The van der Waals surface area contributed by atoms with Gasteiger partial charge in [0, 0.05) is 24.9 Å². The van der Waals surface area contributed by atoms with Crippen LogP contribution < -0.4 is 9.89 Å². The van der Waals surface area contributed by atoms with Crippen molar-refractivity contribution in [1.29, 1.82) is 0 Å². The molecule has 0 spiro atoms. The first-order chi connectivity index (χ1) is 15.6. The summed E-state index contributed by atoms with van der Waals surface area (Å²) in [7, 11) is 0. The number of rotatable bonds is 6. The number of hydrogen-bond donors (Lipinski definition) is 1. The van der Waals surface area contributed by atoms with Gasteiger partial charge in [-0.15, -0.1) is 5.73 Å². The molecule has 33 heavy (non-hydrogen) atoms. The molecule has 3 heterocycles. The molecular weight excluding hydrogens is 452 g/mol. The van der Waals surface area contributed by atoms with Gasteiger partial charge in [0.05, 0.1) is 0 Å². The number of allylic oxidation sites excluding steroid dienone is 2. The molecule has 0 atom stereocenters. The van der Waals surface area contributed by atoms with Crippen LogP contribution in [0.4, 0.5) is 5.69 Å². The highest BCUT2D eigenvalue weighted by Crippen LogP contribution is 2.49. The van der Waals surface area contributed by atoms with E-state index in [-0.39, 0.29) is 16.7 Å². The van der Waals surface area contributed by atoms with Gasteiger partial charge in [-0.05, 0) is 70.8 Å². The maximum Gasteiger partial charge on any atom is 0.250 e. The molecule has 0 radical (unpaired) electrons. The molecule has 7 heteroatoms. The van der Waals surface area contributed by atoms with E-state index in [2.05, 4.69) is 68.0 Å². The Bertz CT molecular complexity index is 1190. The van der Waals surface area contributed by atoms with Gasteiger partial charge in [-0.1, -0.05) is 62.5 Å². The van der Waals surface area contributed by atoms with Crippen molar-refractivity contribution in [2.75, 3.05) is 18.0 Å². The highest BCUT2D eigenvalue weighted by Gasteiger charge is 2.39. The molecule has 0 aliphatic carbocycles. The molecule has 174 valence electrons. The second-order valence-corrected chi connectivity index (χ2v) is 11.4. The highest BCUT2D eigenvalue weighted by molar-refractivity contribution is 7.73. The fourth-order valence-electron chi connectivity index (χ4n) is 4.50. The SMILES string of the molecule is C=COOn1c(O)c(C=C=C/C=C/c2cc3c4c(c2)C(C)(C)CCN4CCC3(C)C)sc1=S. The van der Waals surface area contributed by atoms with Crippen LogP contribution in [0.2, 0.25) is 0 Å². The average Bonchev–Trinajstić information content (AvgIpc) is 3.03. The van der Waals surface area contributed by atoms with Gasteiger partial charge in [0.25, 0.3) is 5.88 Å². The number of thiazole rings is 1. The summed E-state index contributed by atoms with van der Waals surface area (Å²) in [4.78, 5) is 12.6. The number of anilines is 1. The minimum atomic E-state index is -0.139. The van der Waals surface area contributed by atoms with Crippen LogP contribution in [-0.4, -0.2) is 22.9 Å². The molecule has 0 saturated heterocycles. The zero-order chi connectivity index (χ0) is 23.8. The van der Waals surface area contributed by atoms with E-state index in [1.54, 1.807) is 6.08 Å². The number of aromatic hydroxyl groups is 1. The van der Waals surface area contributed by atoms with E-state index < -0.39 is 0 Å². The molecular formula is C26H30N2O3S2. The fourth-order valence-corrected chi connectivity index (χ4v) is 5.57. The van der Waals surface area contributed by atoms with Crippen LogP contribution in [0.1, 0.15) is 62.1 Å². The normalized spacial score (nSPS) is 17.8. The highest BCUT2D eigenvalue weighted by atomic mass is 32.1. The first-order valence-electron chi connectivity index (χ1n) is 11.1. The van der Waals surface area contributed by atoms with Gasteiger partial charge in [0.1, 0.15) is 11.1 Å². The summed E-state index contributed by atoms with van der Waals surface area (Å²) < 4.78 is 1.34. The van der Waals surface area contributed by atoms with Crippen LogP contribution >= 0.6 is 23.6 Å². The summed E-state index contributed by atoms with van der Waals surface area (Å²) in [5.74, 6) is -0.139. The zero-order valence-corrected chi connectivity index (χ0v) is 21.2. The largest absolute Gasteiger partial charge is 0.491 e. The molecule has 0 fully saturated rings. The van der Waals surface area contributed by atoms with Gasteiger partial charge in [0.15, 0.2) is 0 Å². The molecule has 2 aliphatic rings. The molecule has 0 amide bonds. The Hall–Kier alpha value is -2.73. The fraction of sp³-hybridized carbons (Fsp3) is 0.385. The van der Waals surface area contributed by atoms with Gasteiger partial charge in [-0.25, -0.2) is 0 Å². The molecule has 1 N–H and O–H groups in total. The number of benzene rings is 1. The lowest BCUT2D eigenvalue weighted by molar-refractivity contribution is -0.251. The zero-order valence-electron chi connectivity index (χ0n) is 19.6. The van der Waals surface area contributed by atoms with Gasteiger partial charge in [-0.2, -0.15) is 4.99 Å². The van der Waals surface area contributed by atoms with Crippen LogP contribution in [-0.2, 0) is 15.7 Å². The van der Waals surface area contributed by atoms with Crippen molar-refractivity contribution < 1.29 is 15.0 Å². The van der Waals surface area contributed by atoms with Gasteiger partial charge < -0.3 is 10.0 Å². The molecule has 5 nitrogen and oxygen atoms in total. The maximum absolute atomic E-state index is 10.2. The maximum atomic E-state index is 10.2. The smallest absolute Gasteiger partial charge is 0.250 e. The summed E-state index contributed by atoms with van der Waals surface area (Å²) in [6.45, 7) is 15.1. The molecule has 2 aromatic rings. The Morgan fingerprint density at radius 3 is 2.39 bits per heavy atom. The van der Waals surface area contributed by atoms with E-state index >= 15 is 0 Å². The Balaban J connectivity index is 1.62. The van der Waals surface area contributed by atoms with E-state index in [0.29, 0.717) is 8.83 Å². The number of nitrogens with zero attached hydrogens (tertiary/aromatic N) is 2. The van der Waals surface area contributed by atoms with E-state index in [4.69, 9.17) is 17.2 Å². The minimum Gasteiger partial charge on any atom is -0.491 e. The summed E-state index contributed by atoms with van der Waals surface area (Å²) in [5.41, 5.74) is 8.97. The molecule has 2 aliphatic heterocycles. The van der Waals surface area contributed by atoms with Gasteiger partial charge in [-0.3, -0.25) is 4.89 Å². The summed E-state index contributed by atoms with van der Waals surface area (Å²) in [5, 5.41) is 10.2. The average molecular weight is 483 g/mol. The third kappa shape index (κ3) is 4.54. The monoisotopic (exact) mass is 482 g/mol. The molecule has 1 aromatic carbocycles. The molecule has 0 bridgehead atoms. The Morgan fingerprint density at radius 2 is 1.79 bits per heavy atom. The van der Waals surface area contributed by atoms with Crippen LogP contribution in [0.25, 0.3) is 12.2 Å². The molecule has 1 aromatic heterocycles. The Kier molecular flexibility index (Phi) is 6.32. The third-order valence-electron chi connectivity index (χ3n) is 6.58. The van der Waals surface area contributed by atoms with Crippen molar-refractivity contribution >= 4 is 41.4 Å². The number of hydrogen-bond acceptors (Lipinski definition) is 6. The van der Waals surface area contributed by atoms with Crippen LogP contribution in [0, 0.1) is 3.95 Å². The van der Waals surface area contributed by atoms with Crippen molar-refractivity contribution in [1.82, 2.24) is 4.73 Å². The molecule has 0 saturated carbocycles. The van der Waals surface area contributed by atoms with Crippen molar-refractivity contribution in [2.24, 2.45) is 0 Å². The van der Waals surface area contributed by atoms with Crippen LogP contribution in [0.15, 0.2) is 42.9 Å². The first-order valence-corrected chi connectivity index (χ1v) is 12.3. The topological polar surface area (TPSA) is 46.9 Å². The second kappa shape index (κ2) is 8.90. The van der Waals surface area contributed by atoms with Crippen LogP contribution in [0.3, 0.4) is 0 Å². The predicted octanol–water partition coefficient (Wildman–Crippen LogP) is 6.54. The molecule has 0 unspecified atom stereocenters. The Morgan fingerprint density at radius 1 is 1.15 bits per heavy atom. The first kappa shape index (κ1) is 23.4. The minimum absolute atomic E-state index is 0.139. The van der Waals surface area contributed by atoms with E-state index in [0.717, 1.165) is 24.1 Å². The number of aromatic nitrogens is 1. The second-order valence-electron chi connectivity index (χ2n) is 9.74. The predicted molar refractivity (Wildman–Crippen MR) is 138 cm³/mol. The van der Waals surface area contributed by atoms with Crippen LogP contribution in [0.5, 0.6) is 5.88 Å². The van der Waals surface area contributed by atoms with Gasteiger partial charge >= 0.3 is 0 Å². The van der Waals surface area contributed by atoms with E-state index in [1.807, 2.05) is 12.2 Å². The molecule has 4 rings (SSSR count). The lowest BCUT2D eigenvalue weighted by Crippen LogP contribution is -2.44. The lowest BCUT2D eigenvalue weighted by Gasteiger charge is -2.48. The van der Waals surface area contributed by atoms with Crippen molar-refractivity contribution in [3.8, 4) is 5.88 Å². The standard InChI is InChI=1S/C26H30N2O3S2/c1-6-30-31-28-23(29)21(33-24(28)32)11-9-7-8-10-18-16-19-22-20(17-18)26(4,5)13-15-27(22)14-12-25(19,2)3/h6-8,10-11,16-17,29H,1,12-15H2,2-5H3/b10-8+. The quantitative estimate of drug-likeness (QED) is 0.127. The van der Waals surface area contributed by atoms with Crippen molar-refractivity contribution in [3.63, 3.8) is 0 Å². The van der Waals surface area contributed by atoms with Crippen molar-refractivity contribution in [3.05, 3.63) is 68.4 Å². The summed E-state index contributed by atoms with van der Waals surface area (Å²) in [6.07, 6.45) is 11.0. The summed E-state index contributed by atoms with van der Waals surface area (Å²) in [6, 6.07) is 4.68. The Labute approximate surface area is 204 Å². The summed E-state index contributed by atoms with van der Waals surface area (Å²) >= 11 is 6.36. The van der Waals surface area contributed by atoms with E-state index in [1.165, 1.54) is 46.6 Å². The third-order valence-corrected chi connectivity index (χ3v) is 7.85. The lowest BCUT2D eigenvalue weighted by atomic mass is 9.69.